The second kappa shape index (κ2) is 7.49. The van der Waals surface area contributed by atoms with Crippen LogP contribution in [0.5, 0.6) is 5.75 Å². The van der Waals surface area contributed by atoms with E-state index in [2.05, 4.69) is 0 Å². The van der Waals surface area contributed by atoms with Crippen LogP contribution in [0.3, 0.4) is 0 Å². The highest BCUT2D eigenvalue weighted by Crippen LogP contribution is 2.14. The summed E-state index contributed by atoms with van der Waals surface area (Å²) in [5.74, 6) is 0.234. The van der Waals surface area contributed by atoms with Crippen LogP contribution in [0.25, 0.3) is 0 Å². The topological polar surface area (TPSA) is 52.6 Å². The first-order chi connectivity index (χ1) is 10.0. The highest BCUT2D eigenvalue weighted by Gasteiger charge is 2.09. The van der Waals surface area contributed by atoms with Crippen molar-refractivity contribution in [2.24, 2.45) is 0 Å². The van der Waals surface area contributed by atoms with Crippen LogP contribution in [0.15, 0.2) is 53.4 Å². The molecule has 0 N–H and O–H groups in total. The van der Waals surface area contributed by atoms with Crippen molar-refractivity contribution in [1.29, 1.82) is 0 Å². The van der Waals surface area contributed by atoms with Crippen LogP contribution in [0.4, 0.5) is 0 Å². The van der Waals surface area contributed by atoms with Gasteiger partial charge in [0.15, 0.2) is 17.0 Å². The predicted molar refractivity (Wildman–Crippen MR) is 83.5 cm³/mol. The van der Waals surface area contributed by atoms with Gasteiger partial charge in [0.25, 0.3) is 0 Å². The molecule has 2 aromatic carbocycles. The molecule has 2 atom stereocenters. The first-order valence-electron chi connectivity index (χ1n) is 6.29. The minimum atomic E-state index is -1.69. The lowest BCUT2D eigenvalue weighted by atomic mass is 10.2. The summed E-state index contributed by atoms with van der Waals surface area (Å²) in [6, 6.07) is 14.3. The van der Waals surface area contributed by atoms with E-state index in [1.807, 2.05) is 38.1 Å². The first-order valence-corrected chi connectivity index (χ1v) is 8.61. The zero-order valence-electron chi connectivity index (χ0n) is 11.8. The van der Waals surface area contributed by atoms with E-state index in [0.717, 1.165) is 11.1 Å². The molecule has 0 aliphatic heterocycles. The fourth-order valence-corrected chi connectivity index (χ4v) is 3.06. The number of hydrogen-bond donors (Lipinski definition) is 0. The molecule has 0 aliphatic carbocycles. The number of benzene rings is 2. The molecular weight excluding hydrogens is 308 g/mol. The molecule has 0 amide bonds. The van der Waals surface area contributed by atoms with Crippen molar-refractivity contribution in [3.63, 3.8) is 0 Å². The summed E-state index contributed by atoms with van der Waals surface area (Å²) in [4.78, 5) is 0.535. The SMILES string of the molecule is Cc1ccc(OS(=O)COS(=O)c2ccc(C)cc2)cc1. The van der Waals surface area contributed by atoms with Gasteiger partial charge in [-0.1, -0.05) is 35.4 Å². The summed E-state index contributed by atoms with van der Waals surface area (Å²) in [6.45, 7) is 3.90. The molecule has 0 radical (unpaired) electrons. The third-order valence-electron chi connectivity index (χ3n) is 2.67. The van der Waals surface area contributed by atoms with Crippen LogP contribution in [0.1, 0.15) is 11.1 Å². The number of hydrogen-bond acceptors (Lipinski definition) is 4. The Hall–Kier alpha value is -1.50. The molecule has 0 saturated heterocycles. The van der Waals surface area contributed by atoms with Crippen LogP contribution in [-0.4, -0.2) is 14.4 Å². The summed E-state index contributed by atoms with van der Waals surface area (Å²) in [7, 11) is 0. The molecule has 6 heteroatoms. The Kier molecular flexibility index (Phi) is 5.67. The maximum absolute atomic E-state index is 11.9. The van der Waals surface area contributed by atoms with Crippen molar-refractivity contribution in [2.45, 2.75) is 18.7 Å². The molecule has 112 valence electrons. The van der Waals surface area contributed by atoms with Gasteiger partial charge < -0.3 is 4.18 Å². The van der Waals surface area contributed by atoms with Gasteiger partial charge in [-0.2, -0.15) is 0 Å². The summed E-state index contributed by atoms with van der Waals surface area (Å²) in [5.41, 5.74) is 2.16. The van der Waals surface area contributed by atoms with E-state index in [1.54, 1.807) is 24.3 Å². The fraction of sp³-hybridized carbons (Fsp3) is 0.200. The van der Waals surface area contributed by atoms with Gasteiger partial charge in [0.2, 0.25) is 11.1 Å². The lowest BCUT2D eigenvalue weighted by Gasteiger charge is -2.06. The first kappa shape index (κ1) is 15.9. The van der Waals surface area contributed by atoms with Crippen molar-refractivity contribution in [3.8, 4) is 5.75 Å². The Labute approximate surface area is 129 Å². The maximum atomic E-state index is 11.9. The summed E-state index contributed by atoms with van der Waals surface area (Å²) in [6.07, 6.45) is 0. The molecule has 0 aromatic heterocycles. The van der Waals surface area contributed by atoms with Crippen molar-refractivity contribution in [3.05, 3.63) is 59.7 Å². The molecule has 0 heterocycles. The van der Waals surface area contributed by atoms with Crippen LogP contribution >= 0.6 is 0 Å². The van der Waals surface area contributed by atoms with Crippen LogP contribution in [0, 0.1) is 13.8 Å². The Bertz CT molecular complexity index is 636. The van der Waals surface area contributed by atoms with E-state index in [-0.39, 0.29) is 5.94 Å². The van der Waals surface area contributed by atoms with Gasteiger partial charge in [0.1, 0.15) is 5.75 Å². The minimum absolute atomic E-state index is 0.256. The summed E-state index contributed by atoms with van der Waals surface area (Å²) >= 11 is -3.34. The smallest absolute Gasteiger partial charge is 0.234 e. The molecule has 2 aromatic rings. The largest absolute Gasteiger partial charge is 0.399 e. The average molecular weight is 324 g/mol. The van der Waals surface area contributed by atoms with Crippen molar-refractivity contribution < 1.29 is 16.8 Å². The molecule has 0 fully saturated rings. The van der Waals surface area contributed by atoms with Crippen molar-refractivity contribution in [2.75, 3.05) is 5.94 Å². The highest BCUT2D eigenvalue weighted by molar-refractivity contribution is 7.83. The zero-order chi connectivity index (χ0) is 15.2. The van der Waals surface area contributed by atoms with E-state index in [4.69, 9.17) is 8.37 Å². The molecule has 0 saturated carbocycles. The molecule has 2 unspecified atom stereocenters. The third-order valence-corrected chi connectivity index (χ3v) is 4.50. The van der Waals surface area contributed by atoms with Gasteiger partial charge in [0.05, 0.1) is 4.90 Å². The highest BCUT2D eigenvalue weighted by atomic mass is 32.2. The Morgan fingerprint density at radius 1 is 0.857 bits per heavy atom. The Morgan fingerprint density at radius 3 is 1.95 bits per heavy atom. The minimum Gasteiger partial charge on any atom is -0.399 e. The van der Waals surface area contributed by atoms with E-state index < -0.39 is 22.2 Å². The molecule has 2 rings (SSSR count). The van der Waals surface area contributed by atoms with E-state index in [1.165, 1.54) is 0 Å². The van der Waals surface area contributed by atoms with Gasteiger partial charge in [-0.3, -0.25) is 4.18 Å². The van der Waals surface area contributed by atoms with Gasteiger partial charge in [-0.05, 0) is 38.1 Å². The molecule has 0 bridgehead atoms. The maximum Gasteiger partial charge on any atom is 0.234 e. The quantitative estimate of drug-likeness (QED) is 0.819. The van der Waals surface area contributed by atoms with Gasteiger partial charge in [0, 0.05) is 0 Å². The van der Waals surface area contributed by atoms with Gasteiger partial charge in [-0.25, -0.2) is 8.42 Å². The van der Waals surface area contributed by atoms with E-state index >= 15 is 0 Å². The lowest BCUT2D eigenvalue weighted by molar-refractivity contribution is 0.402. The van der Waals surface area contributed by atoms with E-state index in [9.17, 15) is 8.42 Å². The molecular formula is C15H16O4S2. The van der Waals surface area contributed by atoms with Crippen LogP contribution in [-0.2, 0) is 26.3 Å². The number of aryl methyl sites for hydroxylation is 2. The Morgan fingerprint density at radius 2 is 1.38 bits per heavy atom. The lowest BCUT2D eigenvalue weighted by Crippen LogP contribution is -2.10. The Balaban J connectivity index is 1.84. The number of rotatable bonds is 6. The van der Waals surface area contributed by atoms with Gasteiger partial charge in [-0.15, -0.1) is 0 Å². The van der Waals surface area contributed by atoms with Crippen LogP contribution in [0.2, 0.25) is 0 Å². The summed E-state index contributed by atoms with van der Waals surface area (Å²) < 4.78 is 33.8. The van der Waals surface area contributed by atoms with Crippen molar-refractivity contribution >= 4 is 22.2 Å². The van der Waals surface area contributed by atoms with E-state index in [0.29, 0.717) is 10.6 Å². The summed E-state index contributed by atoms with van der Waals surface area (Å²) in [5, 5.41) is 0. The molecule has 4 nitrogen and oxygen atoms in total. The second-order valence-electron chi connectivity index (χ2n) is 4.48. The van der Waals surface area contributed by atoms with Crippen LogP contribution < -0.4 is 4.18 Å². The van der Waals surface area contributed by atoms with Crippen molar-refractivity contribution in [1.82, 2.24) is 0 Å². The molecule has 0 spiro atoms. The predicted octanol–water partition coefficient (Wildman–Crippen LogP) is 3.04. The average Bonchev–Trinajstić information content (AvgIpc) is 2.48. The fourth-order valence-electron chi connectivity index (χ4n) is 1.53. The molecule has 0 aliphatic rings. The third kappa shape index (κ3) is 5.08. The monoisotopic (exact) mass is 324 g/mol. The molecule has 21 heavy (non-hydrogen) atoms. The second-order valence-corrected chi connectivity index (χ2v) is 6.67. The standard InChI is InChI=1S/C15H16O4S2/c1-12-3-7-14(8-4-12)19-20(16)11-18-21(17)15-9-5-13(2)6-10-15/h3-10H,11H2,1-2H3. The van der Waals surface area contributed by atoms with Gasteiger partial charge >= 0.3 is 0 Å². The normalized spacial score (nSPS) is 13.6. The zero-order valence-corrected chi connectivity index (χ0v) is 13.4.